The first-order valence-electron chi connectivity index (χ1n) is 8.67. The highest BCUT2D eigenvalue weighted by Gasteiger charge is 2.16. The van der Waals surface area contributed by atoms with Crippen LogP contribution < -0.4 is 0 Å². The fourth-order valence-electron chi connectivity index (χ4n) is 2.63. The third-order valence-corrected chi connectivity index (χ3v) is 3.94. The molecule has 0 fully saturated rings. The Balaban J connectivity index is 1.76. The lowest BCUT2D eigenvalue weighted by molar-refractivity contribution is 0.113. The average molecular weight is 337 g/mol. The molecule has 25 heavy (non-hydrogen) atoms. The fourth-order valence-corrected chi connectivity index (χ4v) is 2.63. The highest BCUT2D eigenvalue weighted by molar-refractivity contribution is 5.64. The Hall–Kier alpha value is -2.43. The summed E-state index contributed by atoms with van der Waals surface area (Å²) in [5.41, 5.74) is 2.76. The number of unbranched alkanes of at least 4 members (excludes halogenated alkanes) is 2. The third kappa shape index (κ3) is 4.78. The van der Waals surface area contributed by atoms with E-state index in [0.29, 0.717) is 19.1 Å². The Morgan fingerprint density at radius 3 is 2.20 bits per heavy atom. The molecule has 1 N–H and O–H groups in total. The first-order chi connectivity index (χ1) is 12.4. The normalized spacial score (nSPS) is 10.9. The van der Waals surface area contributed by atoms with Gasteiger partial charge in [0.1, 0.15) is 5.69 Å². The molecule has 0 atom stereocenters. The molecule has 2 aromatic carbocycles. The number of oxazole rings is 1. The summed E-state index contributed by atoms with van der Waals surface area (Å²) in [6.45, 7) is 1.31. The summed E-state index contributed by atoms with van der Waals surface area (Å²) >= 11 is 0. The predicted molar refractivity (Wildman–Crippen MR) is 98.0 cm³/mol. The second-order valence-corrected chi connectivity index (χ2v) is 5.86. The van der Waals surface area contributed by atoms with Gasteiger partial charge in [0, 0.05) is 24.3 Å². The molecule has 3 aromatic rings. The van der Waals surface area contributed by atoms with Crippen LogP contribution in [0.5, 0.6) is 0 Å². The molecule has 3 rings (SSSR count). The van der Waals surface area contributed by atoms with Crippen LogP contribution in [0.1, 0.15) is 25.0 Å². The molecule has 0 saturated carbocycles. The van der Waals surface area contributed by atoms with Crippen molar-refractivity contribution >= 4 is 0 Å². The van der Waals surface area contributed by atoms with Crippen molar-refractivity contribution in [3.05, 3.63) is 66.4 Å². The van der Waals surface area contributed by atoms with E-state index in [-0.39, 0.29) is 6.61 Å². The number of aliphatic hydroxyl groups is 1. The maximum Gasteiger partial charge on any atom is 0.227 e. The molecule has 0 aliphatic carbocycles. The van der Waals surface area contributed by atoms with Crippen molar-refractivity contribution in [2.75, 3.05) is 13.2 Å². The number of benzene rings is 2. The number of aliphatic hydroxyl groups excluding tert-OH is 1. The first kappa shape index (κ1) is 17.4. The van der Waals surface area contributed by atoms with Crippen LogP contribution in [0, 0.1) is 0 Å². The molecule has 0 saturated heterocycles. The lowest BCUT2D eigenvalue weighted by Gasteiger charge is -2.03. The molecule has 0 amide bonds. The Kier molecular flexibility index (Phi) is 6.37. The van der Waals surface area contributed by atoms with Crippen LogP contribution >= 0.6 is 0 Å². The summed E-state index contributed by atoms with van der Waals surface area (Å²) in [7, 11) is 0. The Labute approximate surface area is 148 Å². The lowest BCUT2D eigenvalue weighted by atomic mass is 10.1. The van der Waals surface area contributed by atoms with Gasteiger partial charge in [0.15, 0.2) is 5.76 Å². The number of ether oxygens (including phenoxy) is 1. The molecular formula is C21H23NO3. The van der Waals surface area contributed by atoms with Gasteiger partial charge in [0.2, 0.25) is 5.89 Å². The van der Waals surface area contributed by atoms with E-state index >= 15 is 0 Å². The maximum absolute atomic E-state index is 8.81. The Bertz CT molecular complexity index is 753. The van der Waals surface area contributed by atoms with Crippen LogP contribution in [0.25, 0.3) is 22.8 Å². The van der Waals surface area contributed by atoms with E-state index in [1.54, 1.807) is 0 Å². The standard InChI is InChI=1S/C21H23NO3/c23-14-8-3-9-15-24-16-19-20(17-10-4-1-5-11-17)25-21(22-19)18-12-6-2-7-13-18/h1-2,4-7,10-13,23H,3,8-9,14-16H2. The van der Waals surface area contributed by atoms with Gasteiger partial charge in [-0.15, -0.1) is 0 Å². The molecule has 4 nitrogen and oxygen atoms in total. The summed E-state index contributed by atoms with van der Waals surface area (Å²) < 4.78 is 11.8. The van der Waals surface area contributed by atoms with Gasteiger partial charge in [-0.3, -0.25) is 0 Å². The summed E-state index contributed by atoms with van der Waals surface area (Å²) in [6.07, 6.45) is 2.72. The zero-order valence-electron chi connectivity index (χ0n) is 14.2. The summed E-state index contributed by atoms with van der Waals surface area (Å²) in [5, 5.41) is 8.81. The topological polar surface area (TPSA) is 55.5 Å². The minimum Gasteiger partial charge on any atom is -0.436 e. The monoisotopic (exact) mass is 337 g/mol. The van der Waals surface area contributed by atoms with E-state index in [1.807, 2.05) is 60.7 Å². The first-order valence-corrected chi connectivity index (χ1v) is 8.67. The van der Waals surface area contributed by atoms with Gasteiger partial charge < -0.3 is 14.3 Å². The van der Waals surface area contributed by atoms with Crippen LogP contribution in [0.4, 0.5) is 0 Å². The quantitative estimate of drug-likeness (QED) is 0.576. The van der Waals surface area contributed by atoms with E-state index < -0.39 is 0 Å². The highest BCUT2D eigenvalue weighted by atomic mass is 16.5. The van der Waals surface area contributed by atoms with Crippen molar-refractivity contribution < 1.29 is 14.3 Å². The number of hydrogen-bond donors (Lipinski definition) is 1. The second kappa shape index (κ2) is 9.16. The summed E-state index contributed by atoms with van der Waals surface area (Å²) in [5.74, 6) is 1.37. The van der Waals surface area contributed by atoms with Gasteiger partial charge in [0.25, 0.3) is 0 Å². The van der Waals surface area contributed by atoms with Gasteiger partial charge in [0.05, 0.1) is 6.61 Å². The molecule has 4 heteroatoms. The molecular weight excluding hydrogens is 314 g/mol. The van der Waals surface area contributed by atoms with Gasteiger partial charge in [-0.1, -0.05) is 48.5 Å². The van der Waals surface area contributed by atoms with Crippen LogP contribution in [-0.2, 0) is 11.3 Å². The molecule has 130 valence electrons. The smallest absolute Gasteiger partial charge is 0.227 e. The van der Waals surface area contributed by atoms with Crippen LogP contribution in [0.15, 0.2) is 65.1 Å². The average Bonchev–Trinajstić information content (AvgIpc) is 3.10. The largest absolute Gasteiger partial charge is 0.436 e. The summed E-state index contributed by atoms with van der Waals surface area (Å²) in [4.78, 5) is 4.66. The molecule has 1 aromatic heterocycles. The van der Waals surface area contributed by atoms with Crippen molar-refractivity contribution in [2.45, 2.75) is 25.9 Å². The predicted octanol–water partition coefficient (Wildman–Crippen LogP) is 4.69. The van der Waals surface area contributed by atoms with Crippen molar-refractivity contribution in [2.24, 2.45) is 0 Å². The van der Waals surface area contributed by atoms with Crippen LogP contribution in [0.3, 0.4) is 0 Å². The number of hydrogen-bond acceptors (Lipinski definition) is 4. The van der Waals surface area contributed by atoms with Gasteiger partial charge in [-0.25, -0.2) is 4.98 Å². The fraction of sp³-hybridized carbons (Fsp3) is 0.286. The molecule has 0 aliphatic heterocycles. The highest BCUT2D eigenvalue weighted by Crippen LogP contribution is 2.30. The van der Waals surface area contributed by atoms with E-state index in [2.05, 4.69) is 4.98 Å². The molecule has 1 heterocycles. The van der Waals surface area contributed by atoms with E-state index in [1.165, 1.54) is 0 Å². The van der Waals surface area contributed by atoms with E-state index in [9.17, 15) is 0 Å². The van der Waals surface area contributed by atoms with Crippen LogP contribution in [0.2, 0.25) is 0 Å². The number of aromatic nitrogens is 1. The molecule has 0 bridgehead atoms. The Morgan fingerprint density at radius 2 is 1.52 bits per heavy atom. The number of rotatable bonds is 9. The Morgan fingerprint density at radius 1 is 0.840 bits per heavy atom. The SMILES string of the molecule is OCCCCCOCc1nc(-c2ccccc2)oc1-c1ccccc1. The van der Waals surface area contributed by atoms with Gasteiger partial charge >= 0.3 is 0 Å². The minimum absolute atomic E-state index is 0.238. The van der Waals surface area contributed by atoms with Gasteiger partial charge in [-0.05, 0) is 31.4 Å². The molecule has 0 radical (unpaired) electrons. The maximum atomic E-state index is 8.81. The third-order valence-electron chi connectivity index (χ3n) is 3.94. The van der Waals surface area contributed by atoms with Crippen LogP contribution in [-0.4, -0.2) is 23.3 Å². The minimum atomic E-state index is 0.238. The van der Waals surface area contributed by atoms with Crippen molar-refractivity contribution in [3.8, 4) is 22.8 Å². The molecule has 0 aliphatic rings. The van der Waals surface area contributed by atoms with E-state index in [4.69, 9.17) is 14.3 Å². The van der Waals surface area contributed by atoms with Crippen molar-refractivity contribution in [3.63, 3.8) is 0 Å². The van der Waals surface area contributed by atoms with Crippen molar-refractivity contribution in [1.29, 1.82) is 0 Å². The zero-order valence-corrected chi connectivity index (χ0v) is 14.2. The van der Waals surface area contributed by atoms with Gasteiger partial charge in [-0.2, -0.15) is 0 Å². The number of nitrogens with zero attached hydrogens (tertiary/aromatic N) is 1. The van der Waals surface area contributed by atoms with E-state index in [0.717, 1.165) is 41.8 Å². The zero-order chi connectivity index (χ0) is 17.3. The summed E-state index contributed by atoms with van der Waals surface area (Å²) in [6, 6.07) is 19.9. The second-order valence-electron chi connectivity index (χ2n) is 5.86. The van der Waals surface area contributed by atoms with Crippen molar-refractivity contribution in [1.82, 2.24) is 4.98 Å². The lowest BCUT2D eigenvalue weighted by Crippen LogP contribution is -1.98. The molecule has 0 unspecified atom stereocenters. The molecule has 0 spiro atoms.